The molecule has 128 valence electrons. The molecule has 0 unspecified atom stereocenters. The molecule has 0 fully saturated rings. The lowest BCUT2D eigenvalue weighted by molar-refractivity contribution is 0.0950. The first-order valence-corrected chi connectivity index (χ1v) is 8.20. The molecule has 3 aromatic rings. The van der Waals surface area contributed by atoms with Crippen molar-refractivity contribution in [2.24, 2.45) is 0 Å². The Balaban J connectivity index is 1.71. The van der Waals surface area contributed by atoms with Gasteiger partial charge in [-0.3, -0.25) is 14.9 Å². The van der Waals surface area contributed by atoms with Crippen molar-refractivity contribution in [3.05, 3.63) is 46.8 Å². The molecule has 7 nitrogen and oxygen atoms in total. The first kappa shape index (κ1) is 15.4. The topological polar surface area (TPSA) is 89.2 Å². The Kier molecular flexibility index (Phi) is 3.56. The van der Waals surface area contributed by atoms with E-state index in [-0.39, 0.29) is 11.8 Å². The van der Waals surface area contributed by atoms with Crippen LogP contribution >= 0.6 is 0 Å². The highest BCUT2D eigenvalue weighted by Crippen LogP contribution is 2.24. The maximum absolute atomic E-state index is 12.6. The van der Waals surface area contributed by atoms with Crippen LogP contribution in [-0.2, 0) is 6.54 Å². The molecule has 0 spiro atoms. The Morgan fingerprint density at radius 2 is 2.16 bits per heavy atom. The van der Waals surface area contributed by atoms with E-state index >= 15 is 0 Å². The summed E-state index contributed by atoms with van der Waals surface area (Å²) < 4.78 is 7.11. The van der Waals surface area contributed by atoms with Gasteiger partial charge in [0.15, 0.2) is 0 Å². The minimum absolute atomic E-state index is 0.0764. The van der Waals surface area contributed by atoms with Gasteiger partial charge < -0.3 is 14.4 Å². The van der Waals surface area contributed by atoms with Crippen molar-refractivity contribution in [3.8, 4) is 0 Å². The third kappa shape index (κ3) is 2.57. The first-order valence-electron chi connectivity index (χ1n) is 8.20. The van der Waals surface area contributed by atoms with Gasteiger partial charge in [-0.15, -0.1) is 0 Å². The van der Waals surface area contributed by atoms with Gasteiger partial charge in [-0.25, -0.2) is 0 Å². The predicted molar refractivity (Wildman–Crippen MR) is 92.8 cm³/mol. The summed E-state index contributed by atoms with van der Waals surface area (Å²) in [4.78, 5) is 24.7. The molecule has 0 saturated heterocycles. The quantitative estimate of drug-likeness (QED) is 0.752. The number of rotatable bonds is 2. The fraction of sp³-hybridized carbons (Fsp3) is 0.278. The zero-order valence-electron chi connectivity index (χ0n) is 14.0. The van der Waals surface area contributed by atoms with Gasteiger partial charge in [0.05, 0.1) is 5.69 Å². The lowest BCUT2D eigenvalue weighted by Crippen LogP contribution is -2.22. The van der Waals surface area contributed by atoms with E-state index in [2.05, 4.69) is 15.8 Å². The second-order valence-corrected chi connectivity index (χ2v) is 6.24. The average Bonchev–Trinajstić information content (AvgIpc) is 3.06. The largest absolute Gasteiger partial charge is 0.351 e. The van der Waals surface area contributed by atoms with Crippen LogP contribution in [0.3, 0.4) is 0 Å². The number of amides is 2. The molecule has 3 heterocycles. The van der Waals surface area contributed by atoms with Crippen LogP contribution in [-0.4, -0.2) is 28.1 Å². The van der Waals surface area contributed by atoms with Crippen molar-refractivity contribution >= 4 is 28.6 Å². The molecule has 25 heavy (non-hydrogen) atoms. The Bertz CT molecular complexity index is 999. The van der Waals surface area contributed by atoms with Gasteiger partial charge in [0.25, 0.3) is 11.8 Å². The minimum atomic E-state index is -0.269. The molecule has 0 saturated carbocycles. The lowest BCUT2D eigenvalue weighted by atomic mass is 10.1. The van der Waals surface area contributed by atoms with E-state index in [4.69, 9.17) is 4.52 Å². The molecule has 2 amide bonds. The third-order valence-corrected chi connectivity index (χ3v) is 4.63. The van der Waals surface area contributed by atoms with Crippen LogP contribution in [0.5, 0.6) is 0 Å². The number of hydrogen-bond acceptors (Lipinski definition) is 4. The van der Waals surface area contributed by atoms with Gasteiger partial charge in [0.1, 0.15) is 5.69 Å². The van der Waals surface area contributed by atoms with Gasteiger partial charge >= 0.3 is 0 Å². The summed E-state index contributed by atoms with van der Waals surface area (Å²) in [5.41, 5.74) is 3.57. The van der Waals surface area contributed by atoms with E-state index in [9.17, 15) is 9.59 Å². The van der Waals surface area contributed by atoms with Crippen molar-refractivity contribution in [2.45, 2.75) is 26.8 Å². The van der Waals surface area contributed by atoms with Crippen LogP contribution < -0.4 is 10.6 Å². The Morgan fingerprint density at radius 1 is 1.32 bits per heavy atom. The highest BCUT2D eigenvalue weighted by Gasteiger charge is 2.20. The number of carbonyl (C=O) groups is 2. The molecule has 1 aromatic carbocycles. The lowest BCUT2D eigenvalue weighted by Gasteiger charge is -2.07. The fourth-order valence-electron chi connectivity index (χ4n) is 3.06. The number of aryl methyl sites for hydroxylation is 2. The number of carbonyl (C=O) groups excluding carboxylic acids is 2. The summed E-state index contributed by atoms with van der Waals surface area (Å²) in [6.07, 6.45) is 0.857. The van der Waals surface area contributed by atoms with E-state index in [1.54, 1.807) is 6.07 Å². The van der Waals surface area contributed by atoms with Crippen LogP contribution in [0.25, 0.3) is 10.9 Å². The van der Waals surface area contributed by atoms with Crippen molar-refractivity contribution in [2.75, 3.05) is 11.9 Å². The van der Waals surface area contributed by atoms with Crippen LogP contribution in [0.4, 0.5) is 5.88 Å². The molecule has 0 atom stereocenters. The smallest absolute Gasteiger partial charge is 0.267 e. The first-order chi connectivity index (χ1) is 12.0. The molecule has 4 rings (SSSR count). The molecule has 0 bridgehead atoms. The summed E-state index contributed by atoms with van der Waals surface area (Å²) in [6.45, 7) is 5.06. The minimum Gasteiger partial charge on any atom is -0.351 e. The molecular weight excluding hydrogens is 320 g/mol. The monoisotopic (exact) mass is 338 g/mol. The molecule has 1 aliphatic rings. The van der Waals surface area contributed by atoms with Crippen LogP contribution in [0.15, 0.2) is 28.8 Å². The maximum Gasteiger partial charge on any atom is 0.267 e. The van der Waals surface area contributed by atoms with Gasteiger partial charge in [-0.05, 0) is 38.5 Å². The number of nitrogens with zero attached hydrogens (tertiary/aromatic N) is 2. The summed E-state index contributed by atoms with van der Waals surface area (Å²) >= 11 is 0. The van der Waals surface area contributed by atoms with E-state index in [0.29, 0.717) is 23.7 Å². The van der Waals surface area contributed by atoms with Crippen molar-refractivity contribution in [3.63, 3.8) is 0 Å². The van der Waals surface area contributed by atoms with Crippen LogP contribution in [0, 0.1) is 13.8 Å². The Hall–Kier alpha value is -3.09. The molecule has 7 heteroatoms. The van der Waals surface area contributed by atoms with E-state index in [1.165, 1.54) is 0 Å². The fourth-order valence-corrected chi connectivity index (χ4v) is 3.06. The summed E-state index contributed by atoms with van der Waals surface area (Å²) in [5.74, 6) is 0.0122. The molecule has 0 aliphatic carbocycles. The van der Waals surface area contributed by atoms with Gasteiger partial charge in [0, 0.05) is 35.1 Å². The van der Waals surface area contributed by atoms with Gasteiger partial charge in [-0.1, -0.05) is 11.2 Å². The normalized spacial score (nSPS) is 14.1. The van der Waals surface area contributed by atoms with E-state index in [0.717, 1.165) is 35.1 Å². The second-order valence-electron chi connectivity index (χ2n) is 6.24. The molecule has 1 aliphatic heterocycles. The summed E-state index contributed by atoms with van der Waals surface area (Å²) in [6, 6.07) is 7.28. The van der Waals surface area contributed by atoms with Crippen molar-refractivity contribution in [1.82, 2.24) is 15.0 Å². The van der Waals surface area contributed by atoms with E-state index < -0.39 is 0 Å². The molecule has 0 radical (unpaired) electrons. The number of hydrogen-bond donors (Lipinski definition) is 2. The zero-order chi connectivity index (χ0) is 17.6. The predicted octanol–water partition coefficient (Wildman–Crippen LogP) is 2.63. The summed E-state index contributed by atoms with van der Waals surface area (Å²) in [5, 5.41) is 10.4. The average molecular weight is 338 g/mol. The number of aromatic nitrogens is 2. The number of fused-ring (bicyclic) bond motifs is 3. The van der Waals surface area contributed by atoms with Gasteiger partial charge in [0.2, 0.25) is 5.88 Å². The number of nitrogens with one attached hydrogen (secondary N) is 2. The van der Waals surface area contributed by atoms with Crippen molar-refractivity contribution < 1.29 is 14.1 Å². The Morgan fingerprint density at radius 3 is 2.92 bits per heavy atom. The third-order valence-electron chi connectivity index (χ3n) is 4.63. The SMILES string of the molecule is Cc1noc(NC(=O)c2ccc3cc4n(c3c2)CCCNC4=O)c1C. The maximum atomic E-state index is 12.6. The van der Waals surface area contributed by atoms with Crippen LogP contribution in [0.1, 0.15) is 38.5 Å². The van der Waals surface area contributed by atoms with E-state index in [1.807, 2.05) is 36.6 Å². The summed E-state index contributed by atoms with van der Waals surface area (Å²) in [7, 11) is 0. The molecular formula is C18H18N4O3. The number of benzene rings is 1. The van der Waals surface area contributed by atoms with Crippen molar-refractivity contribution in [1.29, 1.82) is 0 Å². The number of anilines is 1. The second kappa shape index (κ2) is 5.77. The standard InChI is InChI=1S/C18H18N4O3/c1-10-11(2)21-25-18(10)20-16(23)13-5-4-12-8-15-17(24)19-6-3-7-22(15)14(12)9-13/h4-5,8-9H,3,6-7H2,1-2H3,(H,19,24)(H,20,23). The zero-order valence-corrected chi connectivity index (χ0v) is 14.0. The molecule has 2 aromatic heterocycles. The van der Waals surface area contributed by atoms with Crippen LogP contribution in [0.2, 0.25) is 0 Å². The Labute approximate surface area is 144 Å². The molecule has 2 N–H and O–H groups in total. The highest BCUT2D eigenvalue weighted by atomic mass is 16.5. The highest BCUT2D eigenvalue weighted by molar-refractivity contribution is 6.07. The van der Waals surface area contributed by atoms with Gasteiger partial charge in [-0.2, -0.15) is 0 Å².